The van der Waals surface area contributed by atoms with Crippen molar-refractivity contribution in [2.45, 2.75) is 19.9 Å². The quantitative estimate of drug-likeness (QED) is 0.666. The van der Waals surface area contributed by atoms with Crippen LogP contribution in [-0.2, 0) is 9.59 Å². The molecule has 0 heterocycles. The molecule has 0 radical (unpaired) electrons. The molecule has 0 saturated heterocycles. The molecule has 1 unspecified atom stereocenters. The average Bonchev–Trinajstić information content (AvgIpc) is 2.67. The van der Waals surface area contributed by atoms with Crippen LogP contribution in [0.15, 0.2) is 54.6 Å². The van der Waals surface area contributed by atoms with E-state index in [0.29, 0.717) is 30.3 Å². The first-order chi connectivity index (χ1) is 13.0. The number of amides is 2. The summed E-state index contributed by atoms with van der Waals surface area (Å²) in [6.45, 7) is 4.83. The Kier molecular flexibility index (Phi) is 7.43. The van der Waals surface area contributed by atoms with Crippen LogP contribution in [-0.4, -0.2) is 25.0 Å². The highest BCUT2D eigenvalue weighted by Crippen LogP contribution is 2.29. The molecule has 6 nitrogen and oxygen atoms in total. The normalized spacial score (nSPS) is 11.8. The lowest BCUT2D eigenvalue weighted by molar-refractivity contribution is -0.125. The minimum absolute atomic E-state index is 0.422. The van der Waals surface area contributed by atoms with Gasteiger partial charge in [-0.05, 0) is 43.2 Å². The number of hydrogen-bond donors (Lipinski definition) is 2. The molecular formula is C21H24N2O4. The maximum absolute atomic E-state index is 12.2. The minimum Gasteiger partial charge on any atom is -0.490 e. The van der Waals surface area contributed by atoms with Crippen molar-refractivity contribution in [1.29, 1.82) is 0 Å². The molecule has 2 aromatic rings. The molecule has 0 spiro atoms. The van der Waals surface area contributed by atoms with Crippen molar-refractivity contribution in [3.05, 3.63) is 65.7 Å². The maximum atomic E-state index is 12.2. The third-order valence-electron chi connectivity index (χ3n) is 3.70. The number of nitrogens with two attached hydrogens (primary N) is 1. The Balaban J connectivity index is 2.11. The van der Waals surface area contributed by atoms with Gasteiger partial charge in [-0.25, -0.2) is 0 Å². The fourth-order valence-corrected chi connectivity index (χ4v) is 2.50. The van der Waals surface area contributed by atoms with Gasteiger partial charge in [0.25, 0.3) is 0 Å². The summed E-state index contributed by atoms with van der Waals surface area (Å²) in [5, 5.41) is 2.62. The van der Waals surface area contributed by atoms with Gasteiger partial charge in [0.05, 0.1) is 13.2 Å². The average molecular weight is 368 g/mol. The van der Waals surface area contributed by atoms with Gasteiger partial charge in [0.1, 0.15) is 6.04 Å². The predicted octanol–water partition coefficient (Wildman–Crippen LogP) is 2.84. The predicted molar refractivity (Wildman–Crippen MR) is 104 cm³/mol. The van der Waals surface area contributed by atoms with Gasteiger partial charge in [0.15, 0.2) is 11.5 Å². The van der Waals surface area contributed by atoms with Crippen molar-refractivity contribution in [1.82, 2.24) is 5.32 Å². The lowest BCUT2D eigenvalue weighted by Crippen LogP contribution is -2.36. The maximum Gasteiger partial charge on any atom is 0.244 e. The zero-order valence-electron chi connectivity index (χ0n) is 15.5. The van der Waals surface area contributed by atoms with Crippen LogP contribution in [0.4, 0.5) is 0 Å². The van der Waals surface area contributed by atoms with Crippen molar-refractivity contribution < 1.29 is 19.1 Å². The number of carbonyl (C=O) groups is 2. The molecule has 2 rings (SSSR count). The molecule has 0 aliphatic rings. The highest BCUT2D eigenvalue weighted by Gasteiger charge is 2.18. The second-order valence-electron chi connectivity index (χ2n) is 5.66. The van der Waals surface area contributed by atoms with Gasteiger partial charge in [-0.3, -0.25) is 9.59 Å². The minimum atomic E-state index is -0.886. The number of hydrogen-bond acceptors (Lipinski definition) is 4. The Hall–Kier alpha value is -3.28. The van der Waals surface area contributed by atoms with Gasteiger partial charge in [-0.15, -0.1) is 0 Å². The lowest BCUT2D eigenvalue weighted by Gasteiger charge is -2.14. The molecule has 3 N–H and O–H groups in total. The Bertz CT molecular complexity index is 803. The van der Waals surface area contributed by atoms with Crippen LogP contribution in [0.25, 0.3) is 6.08 Å². The third kappa shape index (κ3) is 5.88. The molecule has 27 heavy (non-hydrogen) atoms. The zero-order valence-corrected chi connectivity index (χ0v) is 15.5. The summed E-state index contributed by atoms with van der Waals surface area (Å²) in [7, 11) is 0. The largest absolute Gasteiger partial charge is 0.490 e. The smallest absolute Gasteiger partial charge is 0.244 e. The monoisotopic (exact) mass is 368 g/mol. The first-order valence-electron chi connectivity index (χ1n) is 8.77. The first kappa shape index (κ1) is 20.0. The number of nitrogens with one attached hydrogen (secondary N) is 1. The Morgan fingerprint density at radius 1 is 1.04 bits per heavy atom. The lowest BCUT2D eigenvalue weighted by atomic mass is 10.1. The molecule has 0 fully saturated rings. The van der Waals surface area contributed by atoms with Crippen molar-refractivity contribution >= 4 is 17.9 Å². The second kappa shape index (κ2) is 10.0. The number of carbonyl (C=O) groups excluding carboxylic acids is 2. The van der Waals surface area contributed by atoms with Gasteiger partial charge in [0.2, 0.25) is 11.8 Å². The van der Waals surface area contributed by atoms with E-state index in [9.17, 15) is 9.59 Å². The van der Waals surface area contributed by atoms with E-state index in [1.165, 1.54) is 6.08 Å². The molecule has 142 valence electrons. The van der Waals surface area contributed by atoms with Crippen LogP contribution < -0.4 is 20.5 Å². The Morgan fingerprint density at radius 2 is 1.70 bits per heavy atom. The van der Waals surface area contributed by atoms with Crippen molar-refractivity contribution in [2.24, 2.45) is 5.73 Å². The van der Waals surface area contributed by atoms with Crippen LogP contribution in [0.2, 0.25) is 0 Å². The van der Waals surface area contributed by atoms with Crippen LogP contribution >= 0.6 is 0 Å². The van der Waals surface area contributed by atoms with E-state index in [1.54, 1.807) is 42.5 Å². The van der Waals surface area contributed by atoms with E-state index < -0.39 is 17.9 Å². The van der Waals surface area contributed by atoms with E-state index in [1.807, 2.05) is 26.0 Å². The van der Waals surface area contributed by atoms with Gasteiger partial charge in [-0.2, -0.15) is 0 Å². The van der Waals surface area contributed by atoms with Crippen molar-refractivity contribution in [3.8, 4) is 11.5 Å². The first-order valence-corrected chi connectivity index (χ1v) is 8.77. The van der Waals surface area contributed by atoms with Gasteiger partial charge in [-0.1, -0.05) is 36.4 Å². The van der Waals surface area contributed by atoms with Gasteiger partial charge in [0, 0.05) is 6.08 Å². The second-order valence-corrected chi connectivity index (χ2v) is 5.66. The SMILES string of the molecule is CCOc1ccc(/C=C/C(=O)NC(C(N)=O)c2ccccc2)cc1OCC. The Morgan fingerprint density at radius 3 is 2.33 bits per heavy atom. The fourth-order valence-electron chi connectivity index (χ4n) is 2.50. The van der Waals surface area contributed by atoms with Crippen LogP contribution in [0.3, 0.4) is 0 Å². The topological polar surface area (TPSA) is 90.6 Å². The number of rotatable bonds is 9. The Labute approximate surface area is 159 Å². The van der Waals surface area contributed by atoms with E-state index in [0.717, 1.165) is 5.56 Å². The molecule has 2 aromatic carbocycles. The fraction of sp³-hybridized carbons (Fsp3) is 0.238. The molecular weight excluding hydrogens is 344 g/mol. The summed E-state index contributed by atoms with van der Waals surface area (Å²) >= 11 is 0. The van der Waals surface area contributed by atoms with Gasteiger partial charge >= 0.3 is 0 Å². The molecule has 6 heteroatoms. The number of ether oxygens (including phenoxy) is 2. The van der Waals surface area contributed by atoms with Crippen LogP contribution in [0.5, 0.6) is 11.5 Å². The summed E-state index contributed by atoms with van der Waals surface area (Å²) in [5.74, 6) is 0.220. The van der Waals surface area contributed by atoms with E-state index in [4.69, 9.17) is 15.2 Å². The number of benzene rings is 2. The standard InChI is InChI=1S/C21H24N2O4/c1-3-26-17-12-10-15(14-18(17)27-4-2)11-13-19(24)23-20(21(22)25)16-8-6-5-7-9-16/h5-14,20H,3-4H2,1-2H3,(H2,22,25)(H,23,24)/b13-11+. The summed E-state index contributed by atoms with van der Waals surface area (Å²) in [6.07, 6.45) is 2.99. The molecule has 0 aliphatic heterocycles. The third-order valence-corrected chi connectivity index (χ3v) is 3.70. The molecule has 0 aliphatic carbocycles. The summed E-state index contributed by atoms with van der Waals surface area (Å²) in [4.78, 5) is 23.9. The summed E-state index contributed by atoms with van der Waals surface area (Å²) in [5.41, 5.74) is 6.82. The summed E-state index contributed by atoms with van der Waals surface area (Å²) in [6, 6.07) is 13.4. The van der Waals surface area contributed by atoms with Crippen LogP contribution in [0, 0.1) is 0 Å². The zero-order chi connectivity index (χ0) is 19.6. The van der Waals surface area contributed by atoms with E-state index >= 15 is 0 Å². The molecule has 0 bridgehead atoms. The molecule has 1 atom stereocenters. The van der Waals surface area contributed by atoms with Gasteiger partial charge < -0.3 is 20.5 Å². The van der Waals surface area contributed by atoms with Crippen molar-refractivity contribution in [3.63, 3.8) is 0 Å². The van der Waals surface area contributed by atoms with Crippen LogP contribution in [0.1, 0.15) is 31.0 Å². The molecule has 0 saturated carbocycles. The molecule has 0 aromatic heterocycles. The highest BCUT2D eigenvalue weighted by molar-refractivity contribution is 5.95. The highest BCUT2D eigenvalue weighted by atomic mass is 16.5. The van der Waals surface area contributed by atoms with Crippen molar-refractivity contribution in [2.75, 3.05) is 13.2 Å². The number of primary amides is 1. The van der Waals surface area contributed by atoms with E-state index in [2.05, 4.69) is 5.32 Å². The summed E-state index contributed by atoms with van der Waals surface area (Å²) < 4.78 is 11.1. The van der Waals surface area contributed by atoms with E-state index in [-0.39, 0.29) is 0 Å². The molecule has 2 amide bonds.